The lowest BCUT2D eigenvalue weighted by Gasteiger charge is -2.37. The number of ketones is 1. The third-order valence-electron chi connectivity index (χ3n) is 6.27. The Bertz CT molecular complexity index is 1150. The van der Waals surface area contributed by atoms with Gasteiger partial charge < -0.3 is 14.8 Å². The lowest BCUT2D eigenvalue weighted by atomic mass is 9.71. The number of dihydropyridines is 1. The number of esters is 1. The third-order valence-corrected chi connectivity index (χ3v) is 6.87. The second kappa shape index (κ2) is 10.8. The molecule has 178 valence electrons. The summed E-state index contributed by atoms with van der Waals surface area (Å²) in [6.45, 7) is 4.71. The molecule has 0 bridgehead atoms. The van der Waals surface area contributed by atoms with E-state index in [9.17, 15) is 9.59 Å². The van der Waals surface area contributed by atoms with Crippen LogP contribution < -0.4 is 5.32 Å². The molecule has 0 fully saturated rings. The van der Waals surface area contributed by atoms with Gasteiger partial charge in [0.05, 0.1) is 12.2 Å². The largest absolute Gasteiger partial charge is 0.460 e. The molecule has 2 atom stereocenters. The lowest BCUT2D eigenvalue weighted by molar-refractivity contribution is -0.140. The highest BCUT2D eigenvalue weighted by Crippen LogP contribution is 2.47. The number of benzene rings is 2. The molecule has 0 spiro atoms. The number of hydrogen-bond acceptors (Lipinski definition) is 5. The smallest absolute Gasteiger partial charge is 0.336 e. The monoisotopic (exact) mass is 499 g/mol. The molecule has 0 saturated heterocycles. The fraction of sp³-hybridized carbons (Fsp3) is 0.333. The highest BCUT2D eigenvalue weighted by molar-refractivity contribution is 6.31. The average molecular weight is 500 g/mol. The van der Waals surface area contributed by atoms with Gasteiger partial charge in [0.1, 0.15) is 6.61 Å². The molecular weight excluding hydrogens is 473 g/mol. The summed E-state index contributed by atoms with van der Waals surface area (Å²) in [6.07, 6.45) is 0.989. The number of nitrogens with one attached hydrogen (secondary N) is 1. The number of ether oxygens (including phenoxy) is 2. The molecule has 5 nitrogen and oxygen atoms in total. The SMILES string of the molecule is CCOCCOC(=O)C1=C(C)NC2=C(C(=O)C[C@@H](c3ccc(Cl)cc3)C2)[C@H]1c1ccccc1Cl. The van der Waals surface area contributed by atoms with Crippen LogP contribution in [0.25, 0.3) is 0 Å². The molecule has 1 N–H and O–H groups in total. The van der Waals surface area contributed by atoms with Crippen molar-refractivity contribution in [1.29, 1.82) is 0 Å². The zero-order valence-corrected chi connectivity index (χ0v) is 20.7. The van der Waals surface area contributed by atoms with Gasteiger partial charge in [-0.15, -0.1) is 0 Å². The molecule has 1 aliphatic carbocycles. The van der Waals surface area contributed by atoms with Crippen LogP contribution in [0.5, 0.6) is 0 Å². The molecule has 4 rings (SSSR count). The summed E-state index contributed by atoms with van der Waals surface area (Å²) in [5.74, 6) is -1.06. The summed E-state index contributed by atoms with van der Waals surface area (Å²) in [7, 11) is 0. The van der Waals surface area contributed by atoms with Crippen molar-refractivity contribution in [2.45, 2.75) is 38.5 Å². The van der Waals surface area contributed by atoms with Crippen LogP contribution in [0.4, 0.5) is 0 Å². The Morgan fingerprint density at radius 2 is 1.79 bits per heavy atom. The normalized spacial score (nSPS) is 20.2. The summed E-state index contributed by atoms with van der Waals surface area (Å²) < 4.78 is 10.8. The standard InChI is InChI=1S/C27H27Cl2NO4/c1-3-33-12-13-34-27(32)24-16(2)30-22-14-18(17-8-10-19(28)11-9-17)15-23(31)26(22)25(24)20-6-4-5-7-21(20)29/h4-11,18,25,30H,3,12-15H2,1-2H3/t18-,25-/m0/s1. The highest BCUT2D eigenvalue weighted by atomic mass is 35.5. The van der Waals surface area contributed by atoms with Crippen LogP contribution in [0.15, 0.2) is 71.1 Å². The minimum atomic E-state index is -0.594. The van der Waals surface area contributed by atoms with E-state index in [2.05, 4.69) is 5.32 Å². The Labute approximate surface area is 209 Å². The van der Waals surface area contributed by atoms with Crippen molar-refractivity contribution in [3.8, 4) is 0 Å². The molecule has 0 amide bonds. The topological polar surface area (TPSA) is 64.6 Å². The quantitative estimate of drug-likeness (QED) is 0.377. The van der Waals surface area contributed by atoms with Gasteiger partial charge in [-0.1, -0.05) is 53.5 Å². The molecule has 2 aliphatic rings. The zero-order valence-electron chi connectivity index (χ0n) is 19.2. The molecule has 2 aromatic carbocycles. The van der Waals surface area contributed by atoms with Crippen molar-refractivity contribution in [2.75, 3.05) is 19.8 Å². The van der Waals surface area contributed by atoms with Gasteiger partial charge in [0.15, 0.2) is 5.78 Å². The molecule has 7 heteroatoms. The van der Waals surface area contributed by atoms with Gasteiger partial charge >= 0.3 is 5.97 Å². The molecule has 0 unspecified atom stereocenters. The summed E-state index contributed by atoms with van der Waals surface area (Å²) in [4.78, 5) is 26.8. The summed E-state index contributed by atoms with van der Waals surface area (Å²) >= 11 is 12.6. The number of allylic oxidation sites excluding steroid dienone is 3. The first kappa shape index (κ1) is 24.5. The van der Waals surface area contributed by atoms with Gasteiger partial charge in [-0.2, -0.15) is 0 Å². The Hall–Kier alpha value is -2.60. The molecule has 0 aromatic heterocycles. The minimum Gasteiger partial charge on any atom is -0.460 e. The second-order valence-electron chi connectivity index (χ2n) is 8.42. The van der Waals surface area contributed by atoms with Gasteiger partial charge in [0, 0.05) is 46.0 Å². The first-order valence-electron chi connectivity index (χ1n) is 11.4. The van der Waals surface area contributed by atoms with E-state index < -0.39 is 11.9 Å². The summed E-state index contributed by atoms with van der Waals surface area (Å²) in [5.41, 5.74) is 4.25. The van der Waals surface area contributed by atoms with Crippen molar-refractivity contribution in [3.05, 3.63) is 92.2 Å². The molecule has 0 radical (unpaired) electrons. The molecule has 34 heavy (non-hydrogen) atoms. The van der Waals surface area contributed by atoms with E-state index in [1.807, 2.05) is 56.3 Å². The molecule has 1 aliphatic heterocycles. The third kappa shape index (κ3) is 5.07. The fourth-order valence-corrected chi connectivity index (χ4v) is 5.09. The fourth-order valence-electron chi connectivity index (χ4n) is 4.72. The maximum absolute atomic E-state index is 13.6. The van der Waals surface area contributed by atoms with Gasteiger partial charge in [0.25, 0.3) is 0 Å². The van der Waals surface area contributed by atoms with Crippen LogP contribution in [-0.4, -0.2) is 31.6 Å². The van der Waals surface area contributed by atoms with E-state index in [1.54, 1.807) is 6.07 Å². The summed E-state index contributed by atoms with van der Waals surface area (Å²) in [5, 5.41) is 4.51. The first-order chi connectivity index (χ1) is 16.4. The van der Waals surface area contributed by atoms with Crippen LogP contribution in [0.2, 0.25) is 10.0 Å². The van der Waals surface area contributed by atoms with Crippen molar-refractivity contribution in [1.82, 2.24) is 5.32 Å². The van der Waals surface area contributed by atoms with E-state index in [0.717, 1.165) is 11.3 Å². The Balaban J connectivity index is 1.72. The molecule has 1 heterocycles. The average Bonchev–Trinajstić information content (AvgIpc) is 2.81. The van der Waals surface area contributed by atoms with Crippen molar-refractivity contribution < 1.29 is 19.1 Å². The number of carbonyl (C=O) groups excluding carboxylic acids is 2. The Morgan fingerprint density at radius 1 is 1.06 bits per heavy atom. The number of rotatable bonds is 7. The van der Waals surface area contributed by atoms with Crippen molar-refractivity contribution >= 4 is 35.0 Å². The molecular formula is C27H27Cl2NO4. The van der Waals surface area contributed by atoms with Crippen LogP contribution in [-0.2, 0) is 19.1 Å². The van der Waals surface area contributed by atoms with E-state index in [4.69, 9.17) is 32.7 Å². The molecule has 2 aromatic rings. The van der Waals surface area contributed by atoms with Gasteiger partial charge in [-0.05, 0) is 55.5 Å². The number of halogens is 2. The molecule has 0 saturated carbocycles. The lowest BCUT2D eigenvalue weighted by Crippen LogP contribution is -2.36. The van der Waals surface area contributed by atoms with Crippen LogP contribution >= 0.6 is 23.2 Å². The van der Waals surface area contributed by atoms with Crippen LogP contribution in [0.1, 0.15) is 49.7 Å². The number of hydrogen-bond donors (Lipinski definition) is 1. The van der Waals surface area contributed by atoms with E-state index in [1.165, 1.54) is 0 Å². The van der Waals surface area contributed by atoms with Gasteiger partial charge in [-0.3, -0.25) is 4.79 Å². The number of carbonyl (C=O) groups is 2. The maximum atomic E-state index is 13.6. The van der Waals surface area contributed by atoms with Gasteiger partial charge in [0.2, 0.25) is 0 Å². The predicted molar refractivity (Wildman–Crippen MR) is 133 cm³/mol. The number of Topliss-reactive ketones (excluding diaryl/α,β-unsaturated/α-hetero) is 1. The second-order valence-corrected chi connectivity index (χ2v) is 9.27. The predicted octanol–water partition coefficient (Wildman–Crippen LogP) is 5.93. The zero-order chi connectivity index (χ0) is 24.2. The minimum absolute atomic E-state index is 0.00858. The van der Waals surface area contributed by atoms with E-state index >= 15 is 0 Å². The maximum Gasteiger partial charge on any atom is 0.336 e. The van der Waals surface area contributed by atoms with Crippen LogP contribution in [0, 0.1) is 0 Å². The van der Waals surface area contributed by atoms with Crippen molar-refractivity contribution in [2.24, 2.45) is 0 Å². The van der Waals surface area contributed by atoms with Crippen molar-refractivity contribution in [3.63, 3.8) is 0 Å². The highest BCUT2D eigenvalue weighted by Gasteiger charge is 2.42. The Morgan fingerprint density at radius 3 is 2.50 bits per heavy atom. The first-order valence-corrected chi connectivity index (χ1v) is 12.1. The van der Waals surface area contributed by atoms with E-state index in [0.29, 0.717) is 58.5 Å². The summed E-state index contributed by atoms with van der Waals surface area (Å²) in [6, 6.07) is 14.9. The Kier molecular flexibility index (Phi) is 7.77. The van der Waals surface area contributed by atoms with E-state index in [-0.39, 0.29) is 18.3 Å². The van der Waals surface area contributed by atoms with Crippen LogP contribution in [0.3, 0.4) is 0 Å². The van der Waals surface area contributed by atoms with Gasteiger partial charge in [-0.25, -0.2) is 4.79 Å².